The molecule has 0 bridgehead atoms. The van der Waals surface area contributed by atoms with E-state index in [1.165, 1.54) is 12.0 Å². The first-order valence-electron chi connectivity index (χ1n) is 13.4. The SMILES string of the molecule is COC(=O)N[C@H]1CCc2cccc3c2N(C1=O)C(C(=O)NCC(=O)c1ccc(-c2cnc4cc(Br)ccc4n2)cc1)C3. The molecule has 2 N–H and O–H groups in total. The van der Waals surface area contributed by atoms with Gasteiger partial charge in [0.15, 0.2) is 5.78 Å². The zero-order valence-electron chi connectivity index (χ0n) is 22.6. The van der Waals surface area contributed by atoms with E-state index in [4.69, 9.17) is 4.74 Å². The van der Waals surface area contributed by atoms with Crippen molar-refractivity contribution >= 4 is 56.3 Å². The molecule has 4 aromatic rings. The normalized spacial score (nSPS) is 17.4. The number of alkyl carbamates (subject to hydrolysis) is 1. The number of anilines is 1. The summed E-state index contributed by atoms with van der Waals surface area (Å²) in [6.45, 7) is -0.228. The molecule has 0 saturated carbocycles. The van der Waals surface area contributed by atoms with E-state index >= 15 is 0 Å². The third-order valence-corrected chi connectivity index (χ3v) is 8.11. The molecule has 2 aliphatic heterocycles. The molecule has 3 aromatic carbocycles. The van der Waals surface area contributed by atoms with E-state index in [1.54, 1.807) is 30.5 Å². The van der Waals surface area contributed by atoms with Gasteiger partial charge in [0.1, 0.15) is 12.1 Å². The number of aryl methyl sites for hydroxylation is 1. The largest absolute Gasteiger partial charge is 0.453 e. The van der Waals surface area contributed by atoms with Gasteiger partial charge in [-0.3, -0.25) is 24.3 Å². The van der Waals surface area contributed by atoms with Crippen molar-refractivity contribution in [3.63, 3.8) is 0 Å². The lowest BCUT2D eigenvalue weighted by Crippen LogP contribution is -2.54. The number of methoxy groups -OCH3 is 1. The minimum absolute atomic E-state index is 0.228. The van der Waals surface area contributed by atoms with Crippen molar-refractivity contribution in [2.75, 3.05) is 18.6 Å². The Balaban J connectivity index is 1.14. The molecule has 6 rings (SSSR count). The molecule has 0 spiro atoms. The summed E-state index contributed by atoms with van der Waals surface area (Å²) < 4.78 is 5.61. The fraction of sp³-hybridized carbons (Fsp3) is 0.226. The predicted octanol–water partition coefficient (Wildman–Crippen LogP) is 3.99. The molecule has 2 atom stereocenters. The van der Waals surface area contributed by atoms with E-state index in [1.807, 2.05) is 36.4 Å². The standard InChI is InChI=1S/C31H26BrN5O5/c1-42-31(41)36-23-11-9-19-3-2-4-20-13-26(37(28(19)20)30(23)40)29(39)34-16-27(38)18-7-5-17(6-8-18)25-15-33-24-14-21(32)10-12-22(24)35-25/h2-8,10,12,14-15,23,26H,9,11,13,16H2,1H3,(H,34,39)(H,36,41)/t23-,26?/m0/s1. The van der Waals surface area contributed by atoms with Crippen molar-refractivity contribution in [2.24, 2.45) is 0 Å². The molecule has 10 nitrogen and oxygen atoms in total. The second-order valence-electron chi connectivity index (χ2n) is 10.2. The van der Waals surface area contributed by atoms with Gasteiger partial charge in [0, 0.05) is 22.0 Å². The molecule has 42 heavy (non-hydrogen) atoms. The Hall–Kier alpha value is -4.64. The number of hydrogen-bond acceptors (Lipinski definition) is 7. The molecule has 0 saturated heterocycles. The van der Waals surface area contributed by atoms with E-state index < -0.39 is 24.1 Å². The second kappa shape index (κ2) is 11.3. The summed E-state index contributed by atoms with van der Waals surface area (Å²) in [4.78, 5) is 62.4. The van der Waals surface area contributed by atoms with Gasteiger partial charge in [0.05, 0.1) is 42.3 Å². The van der Waals surface area contributed by atoms with Gasteiger partial charge in [-0.05, 0) is 42.2 Å². The average Bonchev–Trinajstić information content (AvgIpc) is 3.35. The first-order valence-corrected chi connectivity index (χ1v) is 14.2. The lowest BCUT2D eigenvalue weighted by atomic mass is 10.0. The third-order valence-electron chi connectivity index (χ3n) is 7.62. The number of nitrogens with zero attached hydrogens (tertiary/aromatic N) is 3. The molecule has 0 radical (unpaired) electrons. The van der Waals surface area contributed by atoms with Crippen molar-refractivity contribution in [1.29, 1.82) is 0 Å². The Kier molecular flexibility index (Phi) is 7.42. The van der Waals surface area contributed by atoms with E-state index in [9.17, 15) is 19.2 Å². The summed E-state index contributed by atoms with van der Waals surface area (Å²) in [6, 6.07) is 16.7. The number of nitrogens with one attached hydrogen (secondary N) is 2. The molecule has 2 aliphatic rings. The summed E-state index contributed by atoms with van der Waals surface area (Å²) in [5.41, 5.74) is 5.98. The number of Topliss-reactive ketones (excluding diaryl/α,β-unsaturated/α-hetero) is 1. The number of aromatic nitrogens is 2. The van der Waals surface area contributed by atoms with Crippen LogP contribution in [0.5, 0.6) is 0 Å². The molecule has 11 heteroatoms. The van der Waals surface area contributed by atoms with E-state index in [0.717, 1.165) is 32.2 Å². The minimum atomic E-state index is -0.837. The van der Waals surface area contributed by atoms with Gasteiger partial charge in [0.2, 0.25) is 11.8 Å². The van der Waals surface area contributed by atoms with Crippen LogP contribution < -0.4 is 15.5 Å². The van der Waals surface area contributed by atoms with Gasteiger partial charge >= 0.3 is 6.09 Å². The van der Waals surface area contributed by atoms with Crippen LogP contribution in [-0.4, -0.2) is 59.4 Å². The van der Waals surface area contributed by atoms with Gasteiger partial charge in [-0.25, -0.2) is 9.78 Å². The van der Waals surface area contributed by atoms with E-state index in [-0.39, 0.29) is 18.2 Å². The van der Waals surface area contributed by atoms with Gasteiger partial charge < -0.3 is 15.4 Å². The summed E-state index contributed by atoms with van der Waals surface area (Å²) >= 11 is 3.43. The number of carbonyl (C=O) groups is 4. The monoisotopic (exact) mass is 627 g/mol. The highest BCUT2D eigenvalue weighted by atomic mass is 79.9. The van der Waals surface area contributed by atoms with Crippen molar-refractivity contribution in [1.82, 2.24) is 20.6 Å². The van der Waals surface area contributed by atoms with Crippen LogP contribution in [0, 0.1) is 0 Å². The highest BCUT2D eigenvalue weighted by Crippen LogP contribution is 2.39. The zero-order chi connectivity index (χ0) is 29.4. The van der Waals surface area contributed by atoms with E-state index in [0.29, 0.717) is 36.2 Å². The Morgan fingerprint density at radius 2 is 1.83 bits per heavy atom. The topological polar surface area (TPSA) is 131 Å². The molecule has 3 amide bonds. The number of carbonyl (C=O) groups excluding carboxylic acids is 4. The molecule has 0 aliphatic carbocycles. The maximum Gasteiger partial charge on any atom is 0.407 e. The minimum Gasteiger partial charge on any atom is -0.453 e. The highest BCUT2D eigenvalue weighted by molar-refractivity contribution is 9.10. The van der Waals surface area contributed by atoms with Crippen molar-refractivity contribution in [3.8, 4) is 11.3 Å². The van der Waals surface area contributed by atoms with Crippen LogP contribution >= 0.6 is 15.9 Å². The molecule has 3 heterocycles. The average molecular weight is 628 g/mol. The molecular weight excluding hydrogens is 602 g/mol. The molecule has 212 valence electrons. The first kappa shape index (κ1) is 27.5. The lowest BCUT2D eigenvalue weighted by Gasteiger charge is -2.27. The Bertz CT molecular complexity index is 1740. The van der Waals surface area contributed by atoms with Gasteiger partial charge in [-0.2, -0.15) is 0 Å². The van der Waals surface area contributed by atoms with Gasteiger partial charge in [-0.1, -0.05) is 58.4 Å². The lowest BCUT2D eigenvalue weighted by molar-refractivity contribution is -0.126. The van der Waals surface area contributed by atoms with Crippen LogP contribution in [0.15, 0.2) is 71.3 Å². The summed E-state index contributed by atoms with van der Waals surface area (Å²) in [5.74, 6) is -1.09. The third kappa shape index (κ3) is 5.23. The van der Waals surface area contributed by atoms with Crippen LogP contribution in [0.4, 0.5) is 10.5 Å². The summed E-state index contributed by atoms with van der Waals surface area (Å²) in [6.07, 6.45) is 2.24. The highest BCUT2D eigenvalue weighted by Gasteiger charge is 2.44. The maximum absolute atomic E-state index is 13.5. The number of ketones is 1. The van der Waals surface area contributed by atoms with Crippen molar-refractivity contribution < 1.29 is 23.9 Å². The summed E-state index contributed by atoms with van der Waals surface area (Å²) in [7, 11) is 1.23. The fourth-order valence-corrected chi connectivity index (χ4v) is 5.86. The van der Waals surface area contributed by atoms with Gasteiger partial charge in [0.25, 0.3) is 0 Å². The van der Waals surface area contributed by atoms with Crippen LogP contribution in [0.1, 0.15) is 27.9 Å². The molecule has 0 fully saturated rings. The van der Waals surface area contributed by atoms with Crippen LogP contribution in [-0.2, 0) is 27.2 Å². The quantitative estimate of drug-likeness (QED) is 0.309. The van der Waals surface area contributed by atoms with E-state index in [2.05, 4.69) is 36.5 Å². The maximum atomic E-state index is 13.5. The van der Waals surface area contributed by atoms with Crippen molar-refractivity contribution in [2.45, 2.75) is 31.3 Å². The number of halogens is 1. The number of fused-ring (bicyclic) bond motifs is 1. The second-order valence-corrected chi connectivity index (χ2v) is 11.1. The van der Waals surface area contributed by atoms with Crippen LogP contribution in [0.2, 0.25) is 0 Å². The molecular formula is C31H26BrN5O5. The molecule has 1 unspecified atom stereocenters. The summed E-state index contributed by atoms with van der Waals surface area (Å²) in [5, 5.41) is 5.31. The zero-order valence-corrected chi connectivity index (χ0v) is 24.2. The van der Waals surface area contributed by atoms with Crippen molar-refractivity contribution in [3.05, 3.63) is 88.0 Å². The van der Waals surface area contributed by atoms with Crippen LogP contribution in [0.25, 0.3) is 22.3 Å². The number of hydrogen-bond donors (Lipinski definition) is 2. The Morgan fingerprint density at radius 1 is 1.05 bits per heavy atom. The number of ether oxygens (including phenoxy) is 1. The number of benzene rings is 3. The predicted molar refractivity (Wildman–Crippen MR) is 159 cm³/mol. The smallest absolute Gasteiger partial charge is 0.407 e. The Morgan fingerprint density at radius 3 is 2.62 bits per heavy atom. The fourth-order valence-electron chi connectivity index (χ4n) is 5.51. The number of amides is 3. The van der Waals surface area contributed by atoms with Gasteiger partial charge in [-0.15, -0.1) is 0 Å². The van der Waals surface area contributed by atoms with Crippen LogP contribution in [0.3, 0.4) is 0 Å². The Labute approximate surface area is 249 Å². The number of para-hydroxylation sites is 1. The first-order chi connectivity index (χ1) is 20.3. The number of rotatable bonds is 6. The molecule has 1 aromatic heterocycles.